The lowest BCUT2D eigenvalue weighted by molar-refractivity contribution is -0.385. The van der Waals surface area contributed by atoms with Crippen molar-refractivity contribution in [2.45, 2.75) is 13.5 Å². The van der Waals surface area contributed by atoms with E-state index in [1.54, 1.807) is 13.0 Å². The van der Waals surface area contributed by atoms with Crippen LogP contribution in [0.3, 0.4) is 0 Å². The molecule has 0 fully saturated rings. The normalized spacial score (nSPS) is 10.6. The van der Waals surface area contributed by atoms with E-state index in [2.05, 4.69) is 21.1 Å². The molecule has 0 amide bonds. The van der Waals surface area contributed by atoms with Crippen LogP contribution in [0.4, 0.5) is 5.69 Å². The van der Waals surface area contributed by atoms with Gasteiger partial charge in [-0.3, -0.25) is 14.9 Å². The number of rotatable bonds is 3. The van der Waals surface area contributed by atoms with Gasteiger partial charge in [-0.1, -0.05) is 5.16 Å². The Labute approximate surface area is 109 Å². The molecule has 0 bridgehead atoms. The number of nitrogens with zero attached hydrogens (tertiary/aromatic N) is 3. The molecule has 0 N–H and O–H groups in total. The Bertz CT molecular complexity index is 661. The van der Waals surface area contributed by atoms with Crippen LogP contribution in [0.25, 0.3) is 0 Å². The summed E-state index contributed by atoms with van der Waals surface area (Å²) in [6.45, 7) is 1.85. The molecule has 2 rings (SSSR count). The topological polar surface area (TPSA) is 91.2 Å². The highest BCUT2D eigenvalue weighted by Gasteiger charge is 2.13. The lowest BCUT2D eigenvalue weighted by Crippen LogP contribution is -2.21. The summed E-state index contributed by atoms with van der Waals surface area (Å²) in [5, 5.41) is 14.4. The zero-order chi connectivity index (χ0) is 13.3. The Balaban J connectivity index is 2.43. The number of nitro groups is 1. The van der Waals surface area contributed by atoms with Crippen LogP contribution in [0.5, 0.6) is 0 Å². The van der Waals surface area contributed by atoms with Crippen molar-refractivity contribution in [1.29, 1.82) is 0 Å². The van der Waals surface area contributed by atoms with Gasteiger partial charge in [0.15, 0.2) is 0 Å². The predicted octanol–water partition coefficient (Wildman–Crippen LogP) is 1.86. The first-order valence-electron chi connectivity index (χ1n) is 4.94. The molecule has 0 saturated carbocycles. The molecular formula is C10H8BrN3O4. The molecule has 18 heavy (non-hydrogen) atoms. The molecule has 8 heteroatoms. The van der Waals surface area contributed by atoms with Crippen molar-refractivity contribution in [2.24, 2.45) is 0 Å². The fourth-order valence-corrected chi connectivity index (χ4v) is 1.93. The van der Waals surface area contributed by atoms with Gasteiger partial charge in [0.1, 0.15) is 11.5 Å². The Morgan fingerprint density at radius 1 is 1.56 bits per heavy atom. The molecule has 7 nitrogen and oxygen atoms in total. The Morgan fingerprint density at radius 3 is 2.83 bits per heavy atom. The van der Waals surface area contributed by atoms with E-state index in [0.717, 1.165) is 0 Å². The molecule has 0 unspecified atom stereocenters. The van der Waals surface area contributed by atoms with E-state index < -0.39 is 4.92 Å². The van der Waals surface area contributed by atoms with E-state index >= 15 is 0 Å². The van der Waals surface area contributed by atoms with Gasteiger partial charge in [-0.25, -0.2) is 0 Å². The Morgan fingerprint density at radius 2 is 2.28 bits per heavy atom. The SMILES string of the molecule is Cc1cc(Cn2cc([N+](=O)[O-])cc(Br)c2=O)no1. The summed E-state index contributed by atoms with van der Waals surface area (Å²) >= 11 is 3.00. The molecule has 2 heterocycles. The van der Waals surface area contributed by atoms with Gasteiger partial charge in [-0.2, -0.15) is 0 Å². The van der Waals surface area contributed by atoms with E-state index in [1.165, 1.54) is 16.8 Å². The first-order valence-corrected chi connectivity index (χ1v) is 5.73. The van der Waals surface area contributed by atoms with Crippen LogP contribution >= 0.6 is 15.9 Å². The fraction of sp³-hybridized carbons (Fsp3) is 0.200. The molecule has 0 atom stereocenters. The maximum atomic E-state index is 11.8. The second kappa shape index (κ2) is 4.73. The minimum atomic E-state index is -0.561. The quantitative estimate of drug-likeness (QED) is 0.637. The molecule has 2 aromatic rings. The summed E-state index contributed by atoms with van der Waals surface area (Å²) in [7, 11) is 0. The van der Waals surface area contributed by atoms with Crippen molar-refractivity contribution in [1.82, 2.24) is 9.72 Å². The van der Waals surface area contributed by atoms with Crippen LogP contribution in [0, 0.1) is 17.0 Å². The highest BCUT2D eigenvalue weighted by molar-refractivity contribution is 9.10. The molecule has 0 aliphatic heterocycles. The van der Waals surface area contributed by atoms with Gasteiger partial charge in [0, 0.05) is 12.1 Å². The average molecular weight is 314 g/mol. The van der Waals surface area contributed by atoms with Crippen molar-refractivity contribution < 1.29 is 9.45 Å². The van der Waals surface area contributed by atoms with Crippen LogP contribution < -0.4 is 5.56 Å². The summed E-state index contributed by atoms with van der Waals surface area (Å²) in [4.78, 5) is 21.9. The van der Waals surface area contributed by atoms with Gasteiger partial charge < -0.3 is 9.09 Å². The third kappa shape index (κ3) is 2.48. The largest absolute Gasteiger partial charge is 0.361 e. The van der Waals surface area contributed by atoms with E-state index in [0.29, 0.717) is 11.5 Å². The predicted molar refractivity (Wildman–Crippen MR) is 65.4 cm³/mol. The molecule has 0 saturated heterocycles. The lowest BCUT2D eigenvalue weighted by Gasteiger charge is -2.03. The Hall–Kier alpha value is -1.96. The second-order valence-electron chi connectivity index (χ2n) is 3.67. The number of aryl methyl sites for hydroxylation is 1. The van der Waals surface area contributed by atoms with E-state index in [4.69, 9.17) is 4.52 Å². The van der Waals surface area contributed by atoms with Gasteiger partial charge in [-0.15, -0.1) is 0 Å². The van der Waals surface area contributed by atoms with Gasteiger partial charge >= 0.3 is 0 Å². The number of pyridine rings is 1. The molecule has 0 spiro atoms. The van der Waals surface area contributed by atoms with Crippen molar-refractivity contribution in [2.75, 3.05) is 0 Å². The highest BCUT2D eigenvalue weighted by Crippen LogP contribution is 2.15. The molecule has 2 aromatic heterocycles. The molecular weight excluding hydrogens is 306 g/mol. The van der Waals surface area contributed by atoms with Crippen molar-refractivity contribution in [3.05, 3.63) is 54.7 Å². The number of halogens is 1. The fourth-order valence-electron chi connectivity index (χ4n) is 1.47. The molecule has 0 radical (unpaired) electrons. The van der Waals surface area contributed by atoms with Gasteiger partial charge in [-0.05, 0) is 22.9 Å². The molecule has 94 valence electrons. The third-order valence-corrected chi connectivity index (χ3v) is 2.82. The van der Waals surface area contributed by atoms with Crippen LogP contribution in [-0.2, 0) is 6.54 Å². The van der Waals surface area contributed by atoms with Gasteiger partial charge in [0.2, 0.25) is 0 Å². The first-order chi connectivity index (χ1) is 8.47. The minimum Gasteiger partial charge on any atom is -0.361 e. The lowest BCUT2D eigenvalue weighted by atomic mass is 10.3. The standard InChI is InChI=1S/C10H8BrN3O4/c1-6-2-7(12-18-6)4-13-5-8(14(16)17)3-9(11)10(13)15/h2-3,5H,4H2,1H3. The summed E-state index contributed by atoms with van der Waals surface area (Å²) in [6, 6.07) is 2.84. The van der Waals surface area contributed by atoms with Crippen LogP contribution in [-0.4, -0.2) is 14.6 Å². The number of aromatic nitrogens is 2. The molecule has 0 aliphatic carbocycles. The van der Waals surface area contributed by atoms with Crippen molar-refractivity contribution in [3.63, 3.8) is 0 Å². The van der Waals surface area contributed by atoms with Crippen molar-refractivity contribution >= 4 is 21.6 Å². The summed E-state index contributed by atoms with van der Waals surface area (Å²) < 4.78 is 6.22. The summed E-state index contributed by atoms with van der Waals surface area (Å²) in [6.07, 6.45) is 1.18. The summed E-state index contributed by atoms with van der Waals surface area (Å²) in [5.74, 6) is 0.613. The maximum absolute atomic E-state index is 11.8. The molecule has 0 aromatic carbocycles. The third-order valence-electron chi connectivity index (χ3n) is 2.25. The number of hydrogen-bond acceptors (Lipinski definition) is 5. The zero-order valence-electron chi connectivity index (χ0n) is 9.29. The maximum Gasteiger partial charge on any atom is 0.286 e. The van der Waals surface area contributed by atoms with Crippen LogP contribution in [0.15, 0.2) is 32.1 Å². The summed E-state index contributed by atoms with van der Waals surface area (Å²) in [5.41, 5.74) is 0.00458. The monoisotopic (exact) mass is 313 g/mol. The average Bonchev–Trinajstić information content (AvgIpc) is 2.70. The molecule has 0 aliphatic rings. The van der Waals surface area contributed by atoms with Gasteiger partial charge in [0.05, 0.1) is 22.1 Å². The first kappa shape index (κ1) is 12.5. The van der Waals surface area contributed by atoms with E-state index in [9.17, 15) is 14.9 Å². The highest BCUT2D eigenvalue weighted by atomic mass is 79.9. The number of hydrogen-bond donors (Lipinski definition) is 0. The Kier molecular flexibility index (Phi) is 3.28. The van der Waals surface area contributed by atoms with Crippen LogP contribution in [0.1, 0.15) is 11.5 Å². The van der Waals surface area contributed by atoms with E-state index in [1.807, 2.05) is 0 Å². The van der Waals surface area contributed by atoms with E-state index in [-0.39, 0.29) is 22.3 Å². The minimum absolute atomic E-state index is 0.121. The van der Waals surface area contributed by atoms with Crippen LogP contribution in [0.2, 0.25) is 0 Å². The smallest absolute Gasteiger partial charge is 0.286 e. The zero-order valence-corrected chi connectivity index (χ0v) is 10.9. The van der Waals surface area contributed by atoms with Crippen molar-refractivity contribution in [3.8, 4) is 0 Å². The second-order valence-corrected chi connectivity index (χ2v) is 4.52. The van der Waals surface area contributed by atoms with Gasteiger partial charge in [0.25, 0.3) is 11.2 Å².